The molecule has 0 radical (unpaired) electrons. The molecule has 0 amide bonds. The number of hydrogen-bond acceptors (Lipinski definition) is 2. The zero-order valence-corrected chi connectivity index (χ0v) is 8.78. The van der Waals surface area contributed by atoms with Crippen molar-refractivity contribution in [1.82, 2.24) is 0 Å². The molecule has 2 rings (SSSR count). The topological polar surface area (TPSA) is 12.5 Å². The van der Waals surface area contributed by atoms with Crippen LogP contribution in [0.5, 0.6) is 0 Å². The van der Waals surface area contributed by atoms with Crippen molar-refractivity contribution in [3.05, 3.63) is 29.8 Å². The monoisotopic (exact) mass is 234 g/mol. The third kappa shape index (κ3) is 1.74. The molecule has 1 heterocycles. The highest BCUT2D eigenvalue weighted by atomic mass is 32.2. The van der Waals surface area contributed by atoms with Crippen LogP contribution in [0, 0.1) is 0 Å². The van der Waals surface area contributed by atoms with E-state index in [0.717, 1.165) is 4.90 Å². The first-order valence-corrected chi connectivity index (χ1v) is 5.57. The van der Waals surface area contributed by atoms with E-state index in [0.29, 0.717) is 0 Å². The molecule has 1 atom stereocenters. The number of thioether (sulfide) groups is 1. The van der Waals surface area contributed by atoms with Crippen LogP contribution in [0.3, 0.4) is 0 Å². The van der Waals surface area contributed by atoms with Crippen molar-refractivity contribution in [3.63, 3.8) is 0 Å². The Balaban J connectivity index is 2.30. The minimum atomic E-state index is -4.33. The van der Waals surface area contributed by atoms with Gasteiger partial charge in [0.05, 0.1) is 6.61 Å². The SMILES string of the molecule is CSc1ccc([C@@]2(C(F)(F)F)CO2)cc1. The molecule has 0 aromatic heterocycles. The number of alkyl halides is 3. The number of ether oxygens (including phenoxy) is 1. The summed E-state index contributed by atoms with van der Waals surface area (Å²) in [5.74, 6) is 0. The molecule has 15 heavy (non-hydrogen) atoms. The summed E-state index contributed by atoms with van der Waals surface area (Å²) in [5.41, 5.74) is -1.85. The van der Waals surface area contributed by atoms with Gasteiger partial charge in [0, 0.05) is 4.90 Å². The molecule has 0 N–H and O–H groups in total. The summed E-state index contributed by atoms with van der Waals surface area (Å²) in [7, 11) is 0. The van der Waals surface area contributed by atoms with Crippen LogP contribution in [-0.2, 0) is 10.3 Å². The minimum Gasteiger partial charge on any atom is -0.355 e. The predicted octanol–water partition coefficient (Wildman–Crippen LogP) is 3.20. The van der Waals surface area contributed by atoms with Crippen molar-refractivity contribution in [2.75, 3.05) is 12.9 Å². The van der Waals surface area contributed by atoms with Crippen molar-refractivity contribution < 1.29 is 17.9 Å². The third-order valence-corrected chi connectivity index (χ3v) is 3.19. The summed E-state index contributed by atoms with van der Waals surface area (Å²) in [5, 5.41) is 0. The Morgan fingerprint density at radius 2 is 1.80 bits per heavy atom. The Morgan fingerprint density at radius 3 is 2.13 bits per heavy atom. The second-order valence-electron chi connectivity index (χ2n) is 3.34. The normalized spacial score (nSPS) is 25.3. The van der Waals surface area contributed by atoms with Gasteiger partial charge in [-0.1, -0.05) is 12.1 Å². The quantitative estimate of drug-likeness (QED) is 0.575. The fraction of sp³-hybridized carbons (Fsp3) is 0.400. The molecule has 1 saturated heterocycles. The van der Waals surface area contributed by atoms with Crippen LogP contribution < -0.4 is 0 Å². The van der Waals surface area contributed by atoms with E-state index in [1.54, 1.807) is 12.1 Å². The van der Waals surface area contributed by atoms with Crippen molar-refractivity contribution in [1.29, 1.82) is 0 Å². The standard InChI is InChI=1S/C10H9F3OS/c1-15-8-4-2-7(3-5-8)9(6-14-9)10(11,12)13/h2-5H,6H2,1H3/t9-/m1/s1. The second kappa shape index (κ2) is 3.42. The highest BCUT2D eigenvalue weighted by Gasteiger charge is 2.66. The van der Waals surface area contributed by atoms with E-state index in [9.17, 15) is 13.2 Å². The van der Waals surface area contributed by atoms with Crippen LogP contribution in [0.4, 0.5) is 13.2 Å². The van der Waals surface area contributed by atoms with Gasteiger partial charge in [0.25, 0.3) is 0 Å². The average molecular weight is 234 g/mol. The van der Waals surface area contributed by atoms with E-state index in [4.69, 9.17) is 0 Å². The number of benzene rings is 1. The molecule has 0 aliphatic carbocycles. The second-order valence-corrected chi connectivity index (χ2v) is 4.22. The molecule has 0 unspecified atom stereocenters. The largest absolute Gasteiger partial charge is 0.424 e. The van der Waals surface area contributed by atoms with Crippen LogP contribution >= 0.6 is 11.8 Å². The molecular weight excluding hydrogens is 225 g/mol. The molecule has 1 aliphatic heterocycles. The van der Waals surface area contributed by atoms with Gasteiger partial charge in [-0.3, -0.25) is 0 Å². The molecule has 1 aromatic carbocycles. The lowest BCUT2D eigenvalue weighted by atomic mass is 10.00. The van der Waals surface area contributed by atoms with Gasteiger partial charge in [-0.05, 0) is 24.0 Å². The Labute approximate surface area is 89.6 Å². The molecule has 0 saturated carbocycles. The fourth-order valence-electron chi connectivity index (χ4n) is 1.43. The van der Waals surface area contributed by atoms with Gasteiger partial charge in [0.15, 0.2) is 0 Å². The Hall–Kier alpha value is -0.680. The average Bonchev–Trinajstić information content (AvgIpc) is 2.98. The summed E-state index contributed by atoms with van der Waals surface area (Å²) in [6.45, 7) is -0.269. The number of halogens is 3. The smallest absolute Gasteiger partial charge is 0.355 e. The third-order valence-electron chi connectivity index (χ3n) is 2.45. The summed E-state index contributed by atoms with van der Waals surface area (Å²) < 4.78 is 42.5. The molecular formula is C10H9F3OS. The van der Waals surface area contributed by atoms with E-state index in [1.165, 1.54) is 23.9 Å². The van der Waals surface area contributed by atoms with E-state index in [1.807, 2.05) is 6.26 Å². The van der Waals surface area contributed by atoms with Gasteiger partial charge < -0.3 is 4.74 Å². The summed E-state index contributed by atoms with van der Waals surface area (Å²) in [4.78, 5) is 0.941. The first-order valence-electron chi connectivity index (χ1n) is 4.35. The number of rotatable bonds is 2. The number of epoxide rings is 1. The summed E-state index contributed by atoms with van der Waals surface area (Å²) in [6.07, 6.45) is -2.45. The molecule has 1 aromatic rings. The maximum atomic E-state index is 12.6. The lowest BCUT2D eigenvalue weighted by molar-refractivity contribution is -0.187. The zero-order chi connectivity index (χ0) is 11.1. The first kappa shape index (κ1) is 10.8. The van der Waals surface area contributed by atoms with Crippen molar-refractivity contribution in [2.45, 2.75) is 16.7 Å². The molecule has 5 heteroatoms. The highest BCUT2D eigenvalue weighted by Crippen LogP contribution is 2.51. The Morgan fingerprint density at radius 1 is 1.27 bits per heavy atom. The minimum absolute atomic E-state index is 0.188. The number of hydrogen-bond donors (Lipinski definition) is 0. The molecule has 0 bridgehead atoms. The first-order chi connectivity index (χ1) is 6.99. The molecule has 82 valence electrons. The zero-order valence-electron chi connectivity index (χ0n) is 7.97. The van der Waals surface area contributed by atoms with Gasteiger partial charge in [0.1, 0.15) is 0 Å². The van der Waals surface area contributed by atoms with E-state index < -0.39 is 11.8 Å². The van der Waals surface area contributed by atoms with Gasteiger partial charge in [-0.2, -0.15) is 13.2 Å². The van der Waals surface area contributed by atoms with Crippen LogP contribution in [0.1, 0.15) is 5.56 Å². The Bertz CT molecular complexity index is 354. The molecule has 1 nitrogen and oxygen atoms in total. The van der Waals surface area contributed by atoms with Crippen molar-refractivity contribution >= 4 is 11.8 Å². The van der Waals surface area contributed by atoms with Crippen molar-refractivity contribution in [2.24, 2.45) is 0 Å². The summed E-state index contributed by atoms with van der Waals surface area (Å²) >= 11 is 1.49. The van der Waals surface area contributed by atoms with E-state index >= 15 is 0 Å². The molecule has 1 fully saturated rings. The maximum Gasteiger partial charge on any atom is 0.424 e. The van der Waals surface area contributed by atoms with Crippen molar-refractivity contribution in [3.8, 4) is 0 Å². The van der Waals surface area contributed by atoms with Gasteiger partial charge in [-0.25, -0.2) is 0 Å². The molecule has 1 aliphatic rings. The van der Waals surface area contributed by atoms with Crippen LogP contribution in [0.15, 0.2) is 29.2 Å². The van der Waals surface area contributed by atoms with Crippen LogP contribution in [0.2, 0.25) is 0 Å². The Kier molecular flexibility index (Phi) is 2.47. The lowest BCUT2D eigenvalue weighted by Crippen LogP contribution is -2.30. The van der Waals surface area contributed by atoms with Gasteiger partial charge in [0.2, 0.25) is 5.60 Å². The van der Waals surface area contributed by atoms with Gasteiger partial charge in [-0.15, -0.1) is 11.8 Å². The van der Waals surface area contributed by atoms with E-state index in [-0.39, 0.29) is 12.2 Å². The predicted molar refractivity (Wildman–Crippen MR) is 51.9 cm³/mol. The maximum absolute atomic E-state index is 12.6. The van der Waals surface area contributed by atoms with Crippen LogP contribution in [0.25, 0.3) is 0 Å². The molecule has 0 spiro atoms. The highest BCUT2D eigenvalue weighted by molar-refractivity contribution is 7.98. The summed E-state index contributed by atoms with van der Waals surface area (Å²) in [6, 6.07) is 6.31. The van der Waals surface area contributed by atoms with Gasteiger partial charge >= 0.3 is 6.18 Å². The van der Waals surface area contributed by atoms with E-state index in [2.05, 4.69) is 4.74 Å². The fourth-order valence-corrected chi connectivity index (χ4v) is 1.83. The lowest BCUT2D eigenvalue weighted by Gasteiger charge is -2.16. The van der Waals surface area contributed by atoms with Crippen LogP contribution in [-0.4, -0.2) is 19.0 Å².